The zero-order valence-corrected chi connectivity index (χ0v) is 12.2. The predicted molar refractivity (Wildman–Crippen MR) is 78.7 cm³/mol. The Balaban J connectivity index is 1.77. The maximum atomic E-state index is 12.2. The quantitative estimate of drug-likeness (QED) is 0.871. The molecule has 1 unspecified atom stereocenters. The first kappa shape index (κ1) is 15.5. The Hall–Kier alpha value is -1.91. The molecule has 2 rings (SSSR count). The number of carboxylic acid groups (broad SMARTS) is 1. The molecule has 0 saturated carbocycles. The normalized spacial score (nSPS) is 18.5. The van der Waals surface area contributed by atoms with Gasteiger partial charge in [0.15, 0.2) is 0 Å². The van der Waals surface area contributed by atoms with Crippen LogP contribution < -0.4 is 0 Å². The number of carbonyl (C=O) groups is 2. The number of amides is 1. The molecule has 0 spiro atoms. The molecule has 1 atom stereocenters. The Morgan fingerprint density at radius 1 is 1.33 bits per heavy atom. The summed E-state index contributed by atoms with van der Waals surface area (Å²) in [4.78, 5) is 29.0. The zero-order valence-electron chi connectivity index (χ0n) is 12.2. The Kier molecular flexibility index (Phi) is 5.72. The third kappa shape index (κ3) is 5.17. The number of piperidine rings is 1. The highest BCUT2D eigenvalue weighted by Gasteiger charge is 2.23. The molecule has 0 radical (unpaired) electrons. The number of aromatic nitrogens is 1. The molecule has 0 bridgehead atoms. The number of carbonyl (C=O) groups excluding carboxylic acids is 1. The minimum absolute atomic E-state index is 0.153. The van der Waals surface area contributed by atoms with Gasteiger partial charge in [0.1, 0.15) is 0 Å². The summed E-state index contributed by atoms with van der Waals surface area (Å²) in [6.45, 7) is 1.50. The van der Waals surface area contributed by atoms with E-state index in [4.69, 9.17) is 5.11 Å². The second-order valence-electron chi connectivity index (χ2n) is 5.60. The van der Waals surface area contributed by atoms with Crippen molar-refractivity contribution in [3.8, 4) is 0 Å². The topological polar surface area (TPSA) is 70.5 Å². The highest BCUT2D eigenvalue weighted by molar-refractivity contribution is 5.76. The van der Waals surface area contributed by atoms with Gasteiger partial charge in [-0.1, -0.05) is 6.07 Å². The van der Waals surface area contributed by atoms with Gasteiger partial charge in [0.05, 0.1) is 0 Å². The Bertz CT molecular complexity index is 476. The molecule has 1 amide bonds. The molecule has 0 aliphatic carbocycles. The number of carboxylic acids is 1. The van der Waals surface area contributed by atoms with Crippen molar-refractivity contribution in [2.24, 2.45) is 5.92 Å². The van der Waals surface area contributed by atoms with Crippen molar-refractivity contribution in [3.63, 3.8) is 0 Å². The number of hydrogen-bond donors (Lipinski definition) is 1. The highest BCUT2D eigenvalue weighted by atomic mass is 16.4. The fourth-order valence-corrected chi connectivity index (χ4v) is 2.79. The van der Waals surface area contributed by atoms with Gasteiger partial charge in [0, 0.05) is 37.8 Å². The molecule has 1 aromatic rings. The first-order chi connectivity index (χ1) is 10.1. The standard InChI is InChI=1S/C16H22N2O3/c19-15(8-7-14-5-1-2-10-17-14)18-11-3-4-13(12-18)6-9-16(20)21/h1-2,5,10,13H,3-4,6-9,11-12H2,(H,20,21). The monoisotopic (exact) mass is 290 g/mol. The van der Waals surface area contributed by atoms with Gasteiger partial charge in [-0.2, -0.15) is 0 Å². The van der Waals surface area contributed by atoms with Crippen molar-refractivity contribution in [2.75, 3.05) is 13.1 Å². The van der Waals surface area contributed by atoms with Crippen LogP contribution in [0.1, 0.15) is 37.8 Å². The van der Waals surface area contributed by atoms with Crippen molar-refractivity contribution >= 4 is 11.9 Å². The Labute approximate surface area is 125 Å². The molecule has 5 nitrogen and oxygen atoms in total. The largest absolute Gasteiger partial charge is 0.481 e. The number of aliphatic carboxylic acids is 1. The lowest BCUT2D eigenvalue weighted by Crippen LogP contribution is -2.40. The molecular weight excluding hydrogens is 268 g/mol. The highest BCUT2D eigenvalue weighted by Crippen LogP contribution is 2.21. The van der Waals surface area contributed by atoms with Crippen LogP contribution in [0.5, 0.6) is 0 Å². The number of rotatable bonds is 6. The van der Waals surface area contributed by atoms with Gasteiger partial charge in [-0.3, -0.25) is 14.6 Å². The molecule has 1 fully saturated rings. The van der Waals surface area contributed by atoms with E-state index in [-0.39, 0.29) is 12.3 Å². The van der Waals surface area contributed by atoms with Crippen LogP contribution >= 0.6 is 0 Å². The molecule has 5 heteroatoms. The maximum absolute atomic E-state index is 12.2. The number of nitrogens with zero attached hydrogens (tertiary/aromatic N) is 2. The molecule has 21 heavy (non-hydrogen) atoms. The molecule has 1 aliphatic rings. The van der Waals surface area contributed by atoms with Crippen LogP contribution in [0, 0.1) is 5.92 Å². The summed E-state index contributed by atoms with van der Waals surface area (Å²) in [6.07, 6.45) is 5.73. The molecule has 1 aliphatic heterocycles. The van der Waals surface area contributed by atoms with E-state index in [1.807, 2.05) is 23.1 Å². The molecule has 1 N–H and O–H groups in total. The van der Waals surface area contributed by atoms with Crippen LogP contribution in [0.2, 0.25) is 0 Å². The van der Waals surface area contributed by atoms with Gasteiger partial charge in [-0.25, -0.2) is 0 Å². The zero-order chi connectivity index (χ0) is 15.1. The van der Waals surface area contributed by atoms with Crippen molar-refractivity contribution in [1.29, 1.82) is 0 Å². The lowest BCUT2D eigenvalue weighted by atomic mass is 9.93. The number of likely N-dealkylation sites (tertiary alicyclic amines) is 1. The van der Waals surface area contributed by atoms with E-state index in [1.165, 1.54) is 0 Å². The third-order valence-electron chi connectivity index (χ3n) is 3.96. The predicted octanol–water partition coefficient (Wildman–Crippen LogP) is 2.12. The van der Waals surface area contributed by atoms with E-state index in [2.05, 4.69) is 4.98 Å². The van der Waals surface area contributed by atoms with Gasteiger partial charge < -0.3 is 10.0 Å². The van der Waals surface area contributed by atoms with Crippen molar-refractivity contribution < 1.29 is 14.7 Å². The summed E-state index contributed by atoms with van der Waals surface area (Å²) in [5.41, 5.74) is 0.935. The number of pyridine rings is 1. The van der Waals surface area contributed by atoms with E-state index >= 15 is 0 Å². The van der Waals surface area contributed by atoms with Gasteiger partial charge in [-0.15, -0.1) is 0 Å². The second-order valence-corrected chi connectivity index (χ2v) is 5.60. The maximum Gasteiger partial charge on any atom is 0.303 e. The number of hydrogen-bond acceptors (Lipinski definition) is 3. The molecule has 1 saturated heterocycles. The third-order valence-corrected chi connectivity index (χ3v) is 3.96. The SMILES string of the molecule is O=C(O)CCC1CCCN(C(=O)CCc2ccccn2)C1. The minimum atomic E-state index is -0.756. The Morgan fingerprint density at radius 2 is 2.19 bits per heavy atom. The van der Waals surface area contributed by atoms with Crippen LogP contribution in [-0.4, -0.2) is 40.0 Å². The molecular formula is C16H22N2O3. The summed E-state index contributed by atoms with van der Waals surface area (Å²) < 4.78 is 0. The minimum Gasteiger partial charge on any atom is -0.481 e. The molecule has 114 valence electrons. The summed E-state index contributed by atoms with van der Waals surface area (Å²) in [6, 6.07) is 5.72. The van der Waals surface area contributed by atoms with E-state index in [0.717, 1.165) is 25.1 Å². The summed E-state index contributed by atoms with van der Waals surface area (Å²) >= 11 is 0. The van der Waals surface area contributed by atoms with Gasteiger partial charge in [0.25, 0.3) is 0 Å². The van der Waals surface area contributed by atoms with E-state index < -0.39 is 5.97 Å². The molecule has 1 aromatic heterocycles. The number of aryl methyl sites for hydroxylation is 1. The lowest BCUT2D eigenvalue weighted by molar-refractivity contribution is -0.137. The Morgan fingerprint density at radius 3 is 2.90 bits per heavy atom. The van der Waals surface area contributed by atoms with Crippen LogP contribution in [0.25, 0.3) is 0 Å². The summed E-state index contributed by atoms with van der Waals surface area (Å²) in [7, 11) is 0. The summed E-state index contributed by atoms with van der Waals surface area (Å²) in [5, 5.41) is 8.74. The van der Waals surface area contributed by atoms with E-state index in [0.29, 0.717) is 31.7 Å². The van der Waals surface area contributed by atoms with Crippen LogP contribution in [0.15, 0.2) is 24.4 Å². The second kappa shape index (κ2) is 7.76. The fraction of sp³-hybridized carbons (Fsp3) is 0.562. The average Bonchev–Trinajstić information content (AvgIpc) is 2.52. The van der Waals surface area contributed by atoms with Gasteiger partial charge in [0.2, 0.25) is 5.91 Å². The first-order valence-electron chi connectivity index (χ1n) is 7.54. The fourth-order valence-electron chi connectivity index (χ4n) is 2.79. The van der Waals surface area contributed by atoms with Crippen LogP contribution in [-0.2, 0) is 16.0 Å². The van der Waals surface area contributed by atoms with Crippen molar-refractivity contribution in [3.05, 3.63) is 30.1 Å². The summed E-state index contributed by atoms with van der Waals surface area (Å²) in [5.74, 6) is -0.275. The lowest BCUT2D eigenvalue weighted by Gasteiger charge is -2.32. The van der Waals surface area contributed by atoms with E-state index in [1.54, 1.807) is 6.20 Å². The van der Waals surface area contributed by atoms with E-state index in [9.17, 15) is 9.59 Å². The van der Waals surface area contributed by atoms with Crippen LogP contribution in [0.3, 0.4) is 0 Å². The van der Waals surface area contributed by atoms with Crippen molar-refractivity contribution in [1.82, 2.24) is 9.88 Å². The first-order valence-corrected chi connectivity index (χ1v) is 7.54. The molecule has 2 heterocycles. The van der Waals surface area contributed by atoms with Gasteiger partial charge >= 0.3 is 5.97 Å². The van der Waals surface area contributed by atoms with Crippen LogP contribution in [0.4, 0.5) is 0 Å². The van der Waals surface area contributed by atoms with Gasteiger partial charge in [-0.05, 0) is 43.7 Å². The van der Waals surface area contributed by atoms with Crippen molar-refractivity contribution in [2.45, 2.75) is 38.5 Å². The average molecular weight is 290 g/mol. The molecule has 0 aromatic carbocycles. The smallest absolute Gasteiger partial charge is 0.303 e.